The molecule has 4 nitrogen and oxygen atoms in total. The minimum atomic E-state index is -0.788. The molecular weight excluding hydrogens is 230 g/mol. The average Bonchev–Trinajstić information content (AvgIpc) is 2.44. The Labute approximate surface area is 109 Å². The van der Waals surface area contributed by atoms with Crippen molar-refractivity contribution in [2.75, 3.05) is 13.7 Å². The van der Waals surface area contributed by atoms with Crippen LogP contribution in [0.1, 0.15) is 32.3 Å². The summed E-state index contributed by atoms with van der Waals surface area (Å²) < 4.78 is 10.9. The number of hydrogen-bond acceptors (Lipinski definition) is 4. The monoisotopic (exact) mass is 253 g/mol. The molecule has 1 aromatic rings. The van der Waals surface area contributed by atoms with Crippen LogP contribution in [0.4, 0.5) is 0 Å². The van der Waals surface area contributed by atoms with E-state index in [4.69, 9.17) is 15.2 Å². The van der Waals surface area contributed by atoms with E-state index in [0.717, 1.165) is 5.56 Å². The molecule has 0 heterocycles. The van der Waals surface area contributed by atoms with Gasteiger partial charge in [0.1, 0.15) is 6.61 Å². The quantitative estimate of drug-likeness (QED) is 0.781. The van der Waals surface area contributed by atoms with E-state index < -0.39 is 5.60 Å². The summed E-state index contributed by atoms with van der Waals surface area (Å²) in [7, 11) is 1.59. The highest BCUT2D eigenvalue weighted by molar-refractivity contribution is 5.43. The van der Waals surface area contributed by atoms with E-state index in [9.17, 15) is 5.11 Å². The molecule has 0 unspecified atom stereocenters. The maximum Gasteiger partial charge on any atom is 0.161 e. The van der Waals surface area contributed by atoms with Crippen LogP contribution in [0, 0.1) is 0 Å². The van der Waals surface area contributed by atoms with Crippen molar-refractivity contribution in [3.63, 3.8) is 0 Å². The summed E-state index contributed by atoms with van der Waals surface area (Å²) in [4.78, 5) is 0. The van der Waals surface area contributed by atoms with Gasteiger partial charge >= 0.3 is 0 Å². The lowest BCUT2D eigenvalue weighted by molar-refractivity contribution is -0.0119. The second kappa shape index (κ2) is 6.61. The lowest BCUT2D eigenvalue weighted by atomic mass is 9.99. The molecule has 3 N–H and O–H groups in total. The van der Waals surface area contributed by atoms with Gasteiger partial charge < -0.3 is 20.3 Å². The van der Waals surface area contributed by atoms with Crippen LogP contribution in [0.2, 0.25) is 0 Å². The number of nitrogens with two attached hydrogens (primary N) is 1. The fourth-order valence-corrected chi connectivity index (χ4v) is 1.63. The topological polar surface area (TPSA) is 64.7 Å². The van der Waals surface area contributed by atoms with Crippen LogP contribution in [0.3, 0.4) is 0 Å². The minimum Gasteiger partial charge on any atom is -0.493 e. The van der Waals surface area contributed by atoms with Gasteiger partial charge in [-0.25, -0.2) is 0 Å². The Morgan fingerprint density at radius 3 is 2.39 bits per heavy atom. The molecule has 0 spiro atoms. The van der Waals surface area contributed by atoms with Crippen molar-refractivity contribution in [2.24, 2.45) is 5.73 Å². The Kier molecular flexibility index (Phi) is 5.44. The number of methoxy groups -OCH3 is 1. The second-order valence-corrected chi connectivity index (χ2v) is 4.41. The van der Waals surface area contributed by atoms with Crippen LogP contribution in [0.5, 0.6) is 11.5 Å². The maximum absolute atomic E-state index is 10.2. The van der Waals surface area contributed by atoms with Crippen molar-refractivity contribution in [1.82, 2.24) is 0 Å². The van der Waals surface area contributed by atoms with Gasteiger partial charge in [0, 0.05) is 6.54 Å². The highest BCUT2D eigenvalue weighted by atomic mass is 16.5. The molecule has 18 heavy (non-hydrogen) atoms. The van der Waals surface area contributed by atoms with Crippen molar-refractivity contribution in [3.05, 3.63) is 23.8 Å². The molecule has 0 radical (unpaired) electrons. The molecule has 0 atom stereocenters. The average molecular weight is 253 g/mol. The predicted octanol–water partition coefficient (Wildman–Crippen LogP) is 2.08. The molecule has 0 amide bonds. The van der Waals surface area contributed by atoms with Crippen molar-refractivity contribution in [1.29, 1.82) is 0 Å². The summed E-state index contributed by atoms with van der Waals surface area (Å²) in [5.41, 5.74) is 5.79. The fourth-order valence-electron chi connectivity index (χ4n) is 1.63. The summed E-state index contributed by atoms with van der Waals surface area (Å²) >= 11 is 0. The molecule has 0 aliphatic heterocycles. The fraction of sp³-hybridized carbons (Fsp3) is 0.571. The normalized spacial score (nSPS) is 11.4. The molecule has 0 aliphatic carbocycles. The zero-order valence-corrected chi connectivity index (χ0v) is 11.4. The lowest BCUT2D eigenvalue weighted by Gasteiger charge is -2.25. The van der Waals surface area contributed by atoms with E-state index in [1.807, 2.05) is 32.0 Å². The third-order valence-electron chi connectivity index (χ3n) is 3.28. The standard InChI is InChI=1S/C14H23NO3/c1-4-14(16,5-2)10-18-13-8-11(9-15)6-7-12(13)17-3/h6-8,16H,4-5,9-10,15H2,1-3H3. The van der Waals surface area contributed by atoms with Crippen molar-refractivity contribution in [3.8, 4) is 11.5 Å². The van der Waals surface area contributed by atoms with Crippen LogP contribution in [0.25, 0.3) is 0 Å². The molecule has 1 aromatic carbocycles. The Bertz CT molecular complexity index is 375. The summed E-state index contributed by atoms with van der Waals surface area (Å²) in [6, 6.07) is 5.58. The van der Waals surface area contributed by atoms with Gasteiger partial charge in [-0.15, -0.1) is 0 Å². The predicted molar refractivity (Wildman–Crippen MR) is 71.9 cm³/mol. The number of benzene rings is 1. The summed E-state index contributed by atoms with van der Waals surface area (Å²) in [5.74, 6) is 1.28. The minimum absolute atomic E-state index is 0.254. The molecular formula is C14H23NO3. The molecule has 4 heteroatoms. The summed E-state index contributed by atoms with van der Waals surface area (Å²) in [6.07, 6.45) is 1.31. The summed E-state index contributed by atoms with van der Waals surface area (Å²) in [6.45, 7) is 4.59. The SMILES string of the molecule is CCC(O)(CC)COc1cc(CN)ccc1OC. The number of rotatable bonds is 7. The highest BCUT2D eigenvalue weighted by Crippen LogP contribution is 2.29. The first-order chi connectivity index (χ1) is 8.58. The van der Waals surface area contributed by atoms with Crippen LogP contribution < -0.4 is 15.2 Å². The van der Waals surface area contributed by atoms with E-state index in [1.54, 1.807) is 7.11 Å². The van der Waals surface area contributed by atoms with Gasteiger partial charge in [-0.05, 0) is 30.5 Å². The second-order valence-electron chi connectivity index (χ2n) is 4.41. The van der Waals surface area contributed by atoms with Gasteiger partial charge in [-0.1, -0.05) is 19.9 Å². The Morgan fingerprint density at radius 2 is 1.89 bits per heavy atom. The van der Waals surface area contributed by atoms with Crippen LogP contribution in [0.15, 0.2) is 18.2 Å². The van der Waals surface area contributed by atoms with Gasteiger partial charge in [0.2, 0.25) is 0 Å². The van der Waals surface area contributed by atoms with E-state index in [-0.39, 0.29) is 6.61 Å². The molecule has 0 aliphatic rings. The van der Waals surface area contributed by atoms with E-state index in [0.29, 0.717) is 30.9 Å². The third-order valence-corrected chi connectivity index (χ3v) is 3.28. The zero-order chi connectivity index (χ0) is 13.6. The van der Waals surface area contributed by atoms with E-state index in [1.165, 1.54) is 0 Å². The van der Waals surface area contributed by atoms with Gasteiger partial charge in [0.25, 0.3) is 0 Å². The zero-order valence-electron chi connectivity index (χ0n) is 11.4. The largest absolute Gasteiger partial charge is 0.493 e. The summed E-state index contributed by atoms with van der Waals surface area (Å²) in [5, 5.41) is 10.2. The molecule has 0 fully saturated rings. The van der Waals surface area contributed by atoms with Crippen molar-refractivity contribution in [2.45, 2.75) is 38.8 Å². The van der Waals surface area contributed by atoms with Crippen molar-refractivity contribution < 1.29 is 14.6 Å². The molecule has 0 saturated heterocycles. The Balaban J connectivity index is 2.82. The molecule has 0 saturated carbocycles. The first kappa shape index (κ1) is 14.8. The molecule has 102 valence electrons. The van der Waals surface area contributed by atoms with Gasteiger partial charge in [-0.2, -0.15) is 0 Å². The van der Waals surface area contributed by atoms with Gasteiger partial charge in [-0.3, -0.25) is 0 Å². The number of ether oxygens (including phenoxy) is 2. The Morgan fingerprint density at radius 1 is 1.22 bits per heavy atom. The van der Waals surface area contributed by atoms with Crippen LogP contribution in [-0.4, -0.2) is 24.4 Å². The highest BCUT2D eigenvalue weighted by Gasteiger charge is 2.23. The van der Waals surface area contributed by atoms with Crippen LogP contribution in [-0.2, 0) is 6.54 Å². The first-order valence-electron chi connectivity index (χ1n) is 6.30. The Hall–Kier alpha value is -1.26. The van der Waals surface area contributed by atoms with E-state index in [2.05, 4.69) is 0 Å². The first-order valence-corrected chi connectivity index (χ1v) is 6.30. The molecule has 1 rings (SSSR count). The van der Waals surface area contributed by atoms with Gasteiger partial charge in [0.15, 0.2) is 11.5 Å². The maximum atomic E-state index is 10.2. The van der Waals surface area contributed by atoms with E-state index >= 15 is 0 Å². The number of hydrogen-bond donors (Lipinski definition) is 2. The number of aliphatic hydroxyl groups is 1. The van der Waals surface area contributed by atoms with Crippen LogP contribution >= 0.6 is 0 Å². The molecule has 0 bridgehead atoms. The lowest BCUT2D eigenvalue weighted by Crippen LogP contribution is -2.34. The van der Waals surface area contributed by atoms with Crippen molar-refractivity contribution >= 4 is 0 Å². The third kappa shape index (κ3) is 3.62. The molecule has 0 aromatic heterocycles. The van der Waals surface area contributed by atoms with Gasteiger partial charge in [0.05, 0.1) is 12.7 Å². The smallest absolute Gasteiger partial charge is 0.161 e.